The van der Waals surface area contributed by atoms with Crippen LogP contribution in [0.1, 0.15) is 36.0 Å². The van der Waals surface area contributed by atoms with Gasteiger partial charge in [0.1, 0.15) is 22.9 Å². The number of halogens is 3. The van der Waals surface area contributed by atoms with Gasteiger partial charge in [0.15, 0.2) is 0 Å². The van der Waals surface area contributed by atoms with E-state index < -0.39 is 17.5 Å². The third kappa shape index (κ3) is 6.36. The van der Waals surface area contributed by atoms with Crippen LogP contribution in [0.25, 0.3) is 0 Å². The number of nitrogens with zero attached hydrogens (tertiary/aromatic N) is 1. The lowest BCUT2D eigenvalue weighted by Crippen LogP contribution is -2.45. The predicted octanol–water partition coefficient (Wildman–Crippen LogP) is 2.69. The van der Waals surface area contributed by atoms with E-state index in [1.165, 1.54) is 24.3 Å². The quantitative estimate of drug-likeness (QED) is 0.640. The summed E-state index contributed by atoms with van der Waals surface area (Å²) in [6.07, 6.45) is 3.69. The summed E-state index contributed by atoms with van der Waals surface area (Å²) in [6, 6.07) is 6.16. The van der Waals surface area contributed by atoms with Gasteiger partial charge in [0.2, 0.25) is 11.8 Å². The van der Waals surface area contributed by atoms with Gasteiger partial charge in [-0.3, -0.25) is 9.59 Å². The summed E-state index contributed by atoms with van der Waals surface area (Å²) in [4.78, 5) is 27.9. The van der Waals surface area contributed by atoms with Crippen LogP contribution in [-0.4, -0.2) is 35.4 Å². The van der Waals surface area contributed by atoms with Gasteiger partial charge >= 0.3 is 0 Å². The summed E-state index contributed by atoms with van der Waals surface area (Å²) in [6.45, 7) is -0.0555. The number of aromatic nitrogens is 1. The molecule has 7 nitrogen and oxygen atoms in total. The number of pyridine rings is 1. The molecule has 3 rings (SSSR count). The van der Waals surface area contributed by atoms with Crippen LogP contribution in [0.15, 0.2) is 36.5 Å². The number of hydrogen-bond acceptors (Lipinski definition) is 5. The first-order valence-corrected chi connectivity index (χ1v) is 9.34. The number of benzene rings is 1. The smallest absolute Gasteiger partial charge is 0.257 e. The molecule has 0 unspecified atom stereocenters. The van der Waals surface area contributed by atoms with Crippen LogP contribution in [0.4, 0.5) is 8.78 Å². The Labute approximate surface area is 178 Å². The number of rotatable bonds is 6. The Morgan fingerprint density at radius 2 is 1.63 bits per heavy atom. The van der Waals surface area contributed by atoms with E-state index in [4.69, 9.17) is 10.5 Å². The van der Waals surface area contributed by atoms with Gasteiger partial charge in [-0.15, -0.1) is 12.4 Å². The first kappa shape index (κ1) is 23.5. The van der Waals surface area contributed by atoms with Crippen molar-refractivity contribution in [1.82, 2.24) is 15.6 Å². The summed E-state index contributed by atoms with van der Waals surface area (Å²) >= 11 is 0. The molecule has 1 aromatic heterocycles. The zero-order chi connectivity index (χ0) is 20.8. The monoisotopic (exact) mass is 440 g/mol. The molecule has 1 fully saturated rings. The van der Waals surface area contributed by atoms with Gasteiger partial charge in [-0.05, 0) is 56.0 Å². The number of carbonyl (C=O) groups excluding carboxylic acids is 2. The van der Waals surface area contributed by atoms with E-state index in [1.807, 2.05) is 0 Å². The normalized spacial score (nSPS) is 18.1. The Hall–Kier alpha value is -2.78. The van der Waals surface area contributed by atoms with E-state index in [0.717, 1.165) is 12.3 Å². The van der Waals surface area contributed by atoms with Gasteiger partial charge in [0, 0.05) is 12.1 Å². The Morgan fingerprint density at radius 1 is 1.03 bits per heavy atom. The largest absolute Gasteiger partial charge is 0.438 e. The lowest BCUT2D eigenvalue weighted by atomic mass is 9.91. The van der Waals surface area contributed by atoms with Gasteiger partial charge < -0.3 is 21.1 Å². The van der Waals surface area contributed by atoms with Gasteiger partial charge in [0.05, 0.1) is 12.7 Å². The molecule has 162 valence electrons. The highest BCUT2D eigenvalue weighted by molar-refractivity contribution is 5.96. The third-order valence-corrected chi connectivity index (χ3v) is 4.70. The maximum absolute atomic E-state index is 13.7. The van der Waals surface area contributed by atoms with Crippen LogP contribution in [0.2, 0.25) is 0 Å². The summed E-state index contributed by atoms with van der Waals surface area (Å²) in [5.74, 6) is -1.61. The van der Waals surface area contributed by atoms with Crippen molar-refractivity contribution in [1.29, 1.82) is 0 Å². The van der Waals surface area contributed by atoms with Crippen molar-refractivity contribution in [2.75, 3.05) is 6.54 Å². The number of amides is 2. The summed E-state index contributed by atoms with van der Waals surface area (Å²) < 4.78 is 32.3. The van der Waals surface area contributed by atoms with Crippen molar-refractivity contribution in [3.05, 3.63) is 53.7 Å². The molecule has 10 heteroatoms. The Morgan fingerprint density at radius 3 is 2.23 bits per heavy atom. The van der Waals surface area contributed by atoms with E-state index in [-0.39, 0.29) is 54.1 Å². The van der Waals surface area contributed by atoms with Crippen LogP contribution in [0.3, 0.4) is 0 Å². The summed E-state index contributed by atoms with van der Waals surface area (Å²) in [5.41, 5.74) is 5.25. The Kier molecular flexibility index (Phi) is 8.49. The summed E-state index contributed by atoms with van der Waals surface area (Å²) in [5, 5.41) is 5.70. The summed E-state index contributed by atoms with van der Waals surface area (Å²) in [7, 11) is 0. The van der Waals surface area contributed by atoms with Crippen LogP contribution >= 0.6 is 12.4 Å². The molecule has 0 saturated heterocycles. The first-order chi connectivity index (χ1) is 13.9. The zero-order valence-electron chi connectivity index (χ0n) is 16.1. The molecule has 0 atom stereocenters. The van der Waals surface area contributed by atoms with Gasteiger partial charge in [-0.1, -0.05) is 0 Å². The van der Waals surface area contributed by atoms with Crippen molar-refractivity contribution in [3.63, 3.8) is 0 Å². The van der Waals surface area contributed by atoms with E-state index in [0.29, 0.717) is 25.7 Å². The van der Waals surface area contributed by atoms with Gasteiger partial charge in [-0.2, -0.15) is 0 Å². The number of nitrogens with two attached hydrogens (primary N) is 1. The molecule has 1 aliphatic rings. The number of ether oxygens (including phenoxy) is 1. The molecular formula is C20H23ClF2N4O3. The standard InChI is InChI=1S/C20H22F2N4O3.ClH/c21-12-1-7-16(8-2-12)29-20-17(9-13(22)11-24-20)19(28)26-15-5-3-14(4-6-15)25-18(27)10-23;/h1-2,7-9,11,14-15H,3-6,10,23H2,(H,25,27)(H,26,28);1H. The number of carbonyl (C=O) groups is 2. The lowest BCUT2D eigenvalue weighted by molar-refractivity contribution is -0.120. The van der Waals surface area contributed by atoms with Crippen molar-refractivity contribution in [2.45, 2.75) is 37.8 Å². The first-order valence-electron chi connectivity index (χ1n) is 9.34. The second-order valence-electron chi connectivity index (χ2n) is 6.86. The molecule has 30 heavy (non-hydrogen) atoms. The van der Waals surface area contributed by atoms with Crippen LogP contribution < -0.4 is 21.1 Å². The minimum Gasteiger partial charge on any atom is -0.438 e. The zero-order valence-corrected chi connectivity index (χ0v) is 16.9. The molecule has 0 spiro atoms. The van der Waals surface area contributed by atoms with Crippen molar-refractivity contribution in [3.8, 4) is 11.6 Å². The molecule has 0 bridgehead atoms. The molecule has 0 aliphatic heterocycles. The van der Waals surface area contributed by atoms with E-state index in [1.54, 1.807) is 0 Å². The van der Waals surface area contributed by atoms with E-state index >= 15 is 0 Å². The van der Waals surface area contributed by atoms with E-state index in [2.05, 4.69) is 15.6 Å². The van der Waals surface area contributed by atoms with Gasteiger partial charge in [-0.25, -0.2) is 13.8 Å². The minimum absolute atomic E-state index is 0. The molecule has 0 radical (unpaired) electrons. The molecule has 1 heterocycles. The average Bonchev–Trinajstić information content (AvgIpc) is 2.72. The Bertz CT molecular complexity index is 875. The maximum Gasteiger partial charge on any atom is 0.257 e. The maximum atomic E-state index is 13.7. The average molecular weight is 441 g/mol. The minimum atomic E-state index is -0.671. The highest BCUT2D eigenvalue weighted by atomic mass is 35.5. The topological polar surface area (TPSA) is 106 Å². The second kappa shape index (κ2) is 10.8. The van der Waals surface area contributed by atoms with Crippen molar-refractivity contribution in [2.24, 2.45) is 5.73 Å². The lowest BCUT2D eigenvalue weighted by Gasteiger charge is -2.29. The molecule has 1 aromatic carbocycles. The molecule has 2 amide bonds. The molecule has 1 saturated carbocycles. The second-order valence-corrected chi connectivity index (χ2v) is 6.86. The number of nitrogens with one attached hydrogen (secondary N) is 2. The van der Waals surface area contributed by atoms with Crippen LogP contribution in [0.5, 0.6) is 11.6 Å². The van der Waals surface area contributed by atoms with Gasteiger partial charge in [0.25, 0.3) is 5.91 Å². The predicted molar refractivity (Wildman–Crippen MR) is 109 cm³/mol. The van der Waals surface area contributed by atoms with Crippen molar-refractivity contribution < 1.29 is 23.1 Å². The van der Waals surface area contributed by atoms with E-state index in [9.17, 15) is 18.4 Å². The number of hydrogen-bond donors (Lipinski definition) is 3. The fourth-order valence-corrected chi connectivity index (χ4v) is 3.22. The fraction of sp³-hybridized carbons (Fsp3) is 0.350. The van der Waals surface area contributed by atoms with Crippen LogP contribution in [-0.2, 0) is 4.79 Å². The highest BCUT2D eigenvalue weighted by Crippen LogP contribution is 2.25. The molecule has 2 aromatic rings. The molecule has 4 N–H and O–H groups in total. The third-order valence-electron chi connectivity index (χ3n) is 4.70. The SMILES string of the molecule is Cl.NCC(=O)NC1CCC(NC(=O)c2cc(F)cnc2Oc2ccc(F)cc2)CC1. The highest BCUT2D eigenvalue weighted by Gasteiger charge is 2.25. The van der Waals surface area contributed by atoms with Crippen molar-refractivity contribution >= 4 is 24.2 Å². The molecular weight excluding hydrogens is 418 g/mol. The fourth-order valence-electron chi connectivity index (χ4n) is 3.22. The van der Waals surface area contributed by atoms with Crippen LogP contribution in [0, 0.1) is 11.6 Å². The Balaban J connectivity index is 0.00000320. The molecule has 1 aliphatic carbocycles.